The van der Waals surface area contributed by atoms with Crippen LogP contribution in [0, 0.1) is 25.2 Å². The molecule has 0 amide bonds. The second kappa shape index (κ2) is 8.40. The first-order valence-electron chi connectivity index (χ1n) is 7.69. The average molecular weight is 402 g/mol. The van der Waals surface area contributed by atoms with Crippen molar-refractivity contribution in [3.05, 3.63) is 45.9 Å². The van der Waals surface area contributed by atoms with Gasteiger partial charge in [-0.2, -0.15) is 5.26 Å². The molecule has 3 aromatic rings. The Kier molecular flexibility index (Phi) is 5.98. The number of carbonyl (C=O) groups is 1. The van der Waals surface area contributed by atoms with Gasteiger partial charge in [-0.15, -0.1) is 21.5 Å². The molecule has 3 rings (SSSR count). The Balaban J connectivity index is 1.59. The van der Waals surface area contributed by atoms with Crippen LogP contribution in [0.5, 0.6) is 0 Å². The highest BCUT2D eigenvalue weighted by Crippen LogP contribution is 2.29. The zero-order valence-corrected chi connectivity index (χ0v) is 16.5. The summed E-state index contributed by atoms with van der Waals surface area (Å²) in [5.41, 5.74) is 2.92. The summed E-state index contributed by atoms with van der Waals surface area (Å²) < 4.78 is 0.681. The summed E-state index contributed by atoms with van der Waals surface area (Å²) in [5, 5.41) is 23.7. The molecule has 9 heteroatoms. The number of Topliss-reactive ketones (excluding diaryl/α,β-unsaturated/α-hetero) is 1. The highest BCUT2D eigenvalue weighted by molar-refractivity contribution is 8.01. The summed E-state index contributed by atoms with van der Waals surface area (Å²) in [7, 11) is 0. The number of anilines is 2. The molecule has 1 unspecified atom stereocenters. The van der Waals surface area contributed by atoms with E-state index in [1.54, 1.807) is 0 Å². The van der Waals surface area contributed by atoms with E-state index < -0.39 is 5.92 Å². The summed E-state index contributed by atoms with van der Waals surface area (Å²) in [5.74, 6) is -0.829. The van der Waals surface area contributed by atoms with Crippen LogP contribution in [0.3, 0.4) is 0 Å². The lowest BCUT2D eigenvalue weighted by Crippen LogP contribution is -2.13. The quantitative estimate of drug-likeness (QED) is 0.589. The van der Waals surface area contributed by atoms with Gasteiger partial charge in [0.1, 0.15) is 5.01 Å². The molecule has 0 aliphatic rings. The number of thiazole rings is 1. The second-order valence-corrected chi connectivity index (χ2v) is 8.60. The monoisotopic (exact) mass is 401 g/mol. The first-order chi connectivity index (χ1) is 12.5. The SMILES string of the molecule is Cc1cccc(Nc2nnc(SCC(=O)C(C#N)c3nc(C)cs3)s2)c1. The maximum atomic E-state index is 12.4. The van der Waals surface area contributed by atoms with Crippen molar-refractivity contribution in [1.82, 2.24) is 15.2 Å². The normalized spacial score (nSPS) is 11.7. The fourth-order valence-corrected chi connectivity index (χ4v) is 4.69. The van der Waals surface area contributed by atoms with Crippen LogP contribution in [-0.4, -0.2) is 26.7 Å². The summed E-state index contributed by atoms with van der Waals surface area (Å²) in [6.07, 6.45) is 0. The molecule has 1 N–H and O–H groups in total. The van der Waals surface area contributed by atoms with E-state index in [-0.39, 0.29) is 11.5 Å². The van der Waals surface area contributed by atoms with Crippen LogP contribution in [0.2, 0.25) is 0 Å². The van der Waals surface area contributed by atoms with Crippen LogP contribution >= 0.6 is 34.4 Å². The number of aromatic nitrogens is 3. The van der Waals surface area contributed by atoms with Crippen LogP contribution in [0.25, 0.3) is 0 Å². The molecular formula is C17H15N5OS3. The molecule has 0 saturated heterocycles. The Labute approximate surface area is 163 Å². The summed E-state index contributed by atoms with van der Waals surface area (Å²) in [6.45, 7) is 3.87. The number of nitrogens with one attached hydrogen (secondary N) is 1. The average Bonchev–Trinajstić information content (AvgIpc) is 3.23. The fourth-order valence-electron chi connectivity index (χ4n) is 2.15. The maximum absolute atomic E-state index is 12.4. The lowest BCUT2D eigenvalue weighted by atomic mass is 10.1. The van der Waals surface area contributed by atoms with E-state index >= 15 is 0 Å². The number of hydrogen-bond acceptors (Lipinski definition) is 9. The minimum Gasteiger partial charge on any atom is -0.330 e. The van der Waals surface area contributed by atoms with Crippen molar-refractivity contribution in [3.63, 3.8) is 0 Å². The minimum absolute atomic E-state index is 0.163. The van der Waals surface area contributed by atoms with E-state index in [0.29, 0.717) is 14.5 Å². The highest BCUT2D eigenvalue weighted by atomic mass is 32.2. The van der Waals surface area contributed by atoms with Gasteiger partial charge in [-0.05, 0) is 31.5 Å². The lowest BCUT2D eigenvalue weighted by Gasteiger charge is -2.03. The highest BCUT2D eigenvalue weighted by Gasteiger charge is 2.23. The Morgan fingerprint density at radius 3 is 2.92 bits per heavy atom. The molecule has 0 radical (unpaired) electrons. The molecule has 0 saturated carbocycles. The third-order valence-electron chi connectivity index (χ3n) is 3.35. The number of nitrogens with zero attached hydrogens (tertiary/aromatic N) is 4. The van der Waals surface area contributed by atoms with Crippen molar-refractivity contribution in [2.24, 2.45) is 0 Å². The Bertz CT molecular complexity index is 959. The molecule has 0 fully saturated rings. The fraction of sp³-hybridized carbons (Fsp3) is 0.235. The Morgan fingerprint density at radius 1 is 1.38 bits per heavy atom. The molecule has 6 nitrogen and oxygen atoms in total. The predicted octanol–water partition coefficient (Wildman–Crippen LogP) is 4.32. The van der Waals surface area contributed by atoms with Gasteiger partial charge in [0, 0.05) is 16.8 Å². The van der Waals surface area contributed by atoms with Crippen LogP contribution in [0.1, 0.15) is 22.2 Å². The van der Waals surface area contributed by atoms with Gasteiger partial charge in [-0.1, -0.05) is 35.2 Å². The van der Waals surface area contributed by atoms with Crippen molar-refractivity contribution in [2.75, 3.05) is 11.1 Å². The van der Waals surface area contributed by atoms with Gasteiger partial charge in [0.05, 0.1) is 11.8 Å². The smallest absolute Gasteiger partial charge is 0.210 e. The number of nitriles is 1. The van der Waals surface area contributed by atoms with E-state index in [1.165, 1.54) is 34.4 Å². The van der Waals surface area contributed by atoms with E-state index in [0.717, 1.165) is 16.9 Å². The standard InChI is InChI=1S/C17H15N5OS3/c1-10-4-3-5-12(6-10)20-16-21-22-17(26-16)25-9-14(23)13(7-18)15-19-11(2)8-24-15/h3-6,8,13H,9H2,1-2H3,(H,20,21). The third-order valence-corrected chi connectivity index (χ3v) is 6.37. The van der Waals surface area contributed by atoms with Gasteiger partial charge in [-0.3, -0.25) is 4.79 Å². The van der Waals surface area contributed by atoms with Gasteiger partial charge < -0.3 is 5.32 Å². The molecule has 0 spiro atoms. The number of thioether (sulfide) groups is 1. The summed E-state index contributed by atoms with van der Waals surface area (Å²) >= 11 is 4.01. The predicted molar refractivity (Wildman–Crippen MR) is 105 cm³/mol. The molecule has 0 bridgehead atoms. The molecule has 1 aromatic carbocycles. The molecule has 132 valence electrons. The number of ketones is 1. The zero-order valence-electron chi connectivity index (χ0n) is 14.1. The molecular weight excluding hydrogens is 386 g/mol. The van der Waals surface area contributed by atoms with Crippen LogP contribution < -0.4 is 5.32 Å². The molecule has 0 aliphatic carbocycles. The third kappa shape index (κ3) is 4.66. The molecule has 2 heterocycles. The number of aryl methyl sites for hydroxylation is 2. The van der Waals surface area contributed by atoms with Gasteiger partial charge in [0.2, 0.25) is 5.13 Å². The molecule has 1 atom stereocenters. The van der Waals surface area contributed by atoms with Crippen molar-refractivity contribution in [2.45, 2.75) is 24.1 Å². The van der Waals surface area contributed by atoms with Crippen LogP contribution in [0.4, 0.5) is 10.8 Å². The largest absolute Gasteiger partial charge is 0.330 e. The Morgan fingerprint density at radius 2 is 2.23 bits per heavy atom. The number of hydrogen-bond donors (Lipinski definition) is 1. The van der Waals surface area contributed by atoms with Crippen molar-refractivity contribution in [3.8, 4) is 6.07 Å². The molecule has 2 aromatic heterocycles. The van der Waals surface area contributed by atoms with Crippen molar-refractivity contribution < 1.29 is 4.79 Å². The van der Waals surface area contributed by atoms with E-state index in [9.17, 15) is 10.1 Å². The Hall–Kier alpha value is -2.28. The minimum atomic E-state index is -0.820. The van der Waals surface area contributed by atoms with Crippen LogP contribution in [-0.2, 0) is 4.79 Å². The summed E-state index contributed by atoms with van der Waals surface area (Å²) in [6, 6.07) is 10.0. The number of benzene rings is 1. The van der Waals surface area contributed by atoms with Crippen molar-refractivity contribution in [1.29, 1.82) is 5.26 Å². The molecule has 26 heavy (non-hydrogen) atoms. The van der Waals surface area contributed by atoms with Gasteiger partial charge >= 0.3 is 0 Å². The van der Waals surface area contributed by atoms with Gasteiger partial charge in [0.25, 0.3) is 0 Å². The van der Waals surface area contributed by atoms with E-state index in [4.69, 9.17) is 0 Å². The maximum Gasteiger partial charge on any atom is 0.210 e. The van der Waals surface area contributed by atoms with E-state index in [1.807, 2.05) is 43.5 Å². The van der Waals surface area contributed by atoms with Gasteiger partial charge in [-0.25, -0.2) is 4.98 Å². The van der Waals surface area contributed by atoms with Gasteiger partial charge in [0.15, 0.2) is 16.0 Å². The summed E-state index contributed by atoms with van der Waals surface area (Å²) in [4.78, 5) is 16.6. The second-order valence-electron chi connectivity index (χ2n) is 5.51. The molecule has 0 aliphatic heterocycles. The number of rotatable bonds is 7. The van der Waals surface area contributed by atoms with Crippen LogP contribution in [0.15, 0.2) is 34.0 Å². The van der Waals surface area contributed by atoms with E-state index in [2.05, 4.69) is 26.6 Å². The first kappa shape index (κ1) is 18.5. The zero-order chi connectivity index (χ0) is 18.5. The first-order valence-corrected chi connectivity index (χ1v) is 10.4. The number of carbonyl (C=O) groups excluding carboxylic acids is 1. The topological polar surface area (TPSA) is 91.6 Å². The van der Waals surface area contributed by atoms with Crippen molar-refractivity contribution >= 4 is 51.0 Å². The lowest BCUT2D eigenvalue weighted by molar-refractivity contribution is -0.116.